The molecule has 0 amide bonds. The molecule has 35 heavy (non-hydrogen) atoms. The molecule has 2 aliphatic heterocycles. The van der Waals surface area contributed by atoms with E-state index in [0.29, 0.717) is 6.61 Å². The van der Waals surface area contributed by atoms with E-state index in [0.717, 1.165) is 57.4 Å². The summed E-state index contributed by atoms with van der Waals surface area (Å²) < 4.78 is 12.5. The van der Waals surface area contributed by atoms with Crippen LogP contribution in [0.1, 0.15) is 48.6 Å². The molecule has 0 unspecified atom stereocenters. The average molecular weight is 472 g/mol. The van der Waals surface area contributed by atoms with Gasteiger partial charge in [-0.05, 0) is 71.5 Å². The lowest BCUT2D eigenvalue weighted by Gasteiger charge is -2.38. The third-order valence-corrected chi connectivity index (χ3v) is 7.17. The number of benzene rings is 3. The Balaban J connectivity index is 1.39. The summed E-state index contributed by atoms with van der Waals surface area (Å²) in [7, 11) is 0. The lowest BCUT2D eigenvalue weighted by Crippen LogP contribution is -2.47. The van der Waals surface area contributed by atoms with Crippen molar-refractivity contribution in [3.63, 3.8) is 0 Å². The molecule has 1 fully saturated rings. The number of rotatable bonds is 8. The van der Waals surface area contributed by atoms with Gasteiger partial charge in [0.1, 0.15) is 30.0 Å². The SMILES string of the molecule is CCC1CN(CCOc2ccc([C@@H]3Oc4ccc(O)cc4C(C)=C3c3cccc(CO)c3)cc2)C1. The van der Waals surface area contributed by atoms with E-state index in [9.17, 15) is 10.2 Å². The summed E-state index contributed by atoms with van der Waals surface area (Å²) in [5.41, 5.74) is 5.81. The van der Waals surface area contributed by atoms with Crippen LogP contribution in [0.25, 0.3) is 11.1 Å². The van der Waals surface area contributed by atoms with Crippen molar-refractivity contribution in [1.29, 1.82) is 0 Å². The molecule has 0 bridgehead atoms. The van der Waals surface area contributed by atoms with Gasteiger partial charge in [0.05, 0.1) is 6.61 Å². The molecule has 0 aromatic heterocycles. The maximum atomic E-state index is 10.1. The van der Waals surface area contributed by atoms with Gasteiger partial charge in [-0.25, -0.2) is 0 Å². The third kappa shape index (κ3) is 4.93. The van der Waals surface area contributed by atoms with E-state index in [-0.39, 0.29) is 18.5 Å². The molecule has 0 spiro atoms. The van der Waals surface area contributed by atoms with E-state index in [2.05, 4.69) is 30.9 Å². The molecule has 5 nitrogen and oxygen atoms in total. The molecular weight excluding hydrogens is 438 g/mol. The zero-order valence-corrected chi connectivity index (χ0v) is 20.4. The quantitative estimate of drug-likeness (QED) is 0.443. The van der Waals surface area contributed by atoms with Crippen LogP contribution in [0.3, 0.4) is 0 Å². The Hall–Kier alpha value is -3.28. The molecule has 2 heterocycles. The first-order chi connectivity index (χ1) is 17.1. The van der Waals surface area contributed by atoms with Gasteiger partial charge in [-0.3, -0.25) is 4.90 Å². The molecule has 5 rings (SSSR count). The molecule has 0 radical (unpaired) electrons. The van der Waals surface area contributed by atoms with E-state index < -0.39 is 0 Å². The Morgan fingerprint density at radius 2 is 1.83 bits per heavy atom. The van der Waals surface area contributed by atoms with Gasteiger partial charge in [-0.1, -0.05) is 43.7 Å². The third-order valence-electron chi connectivity index (χ3n) is 7.17. The number of aliphatic hydroxyl groups excluding tert-OH is 1. The van der Waals surface area contributed by atoms with Crippen molar-refractivity contribution in [3.8, 4) is 17.2 Å². The summed E-state index contributed by atoms with van der Waals surface area (Å²) in [5.74, 6) is 2.65. The van der Waals surface area contributed by atoms with Crippen molar-refractivity contribution in [2.45, 2.75) is 33.0 Å². The molecule has 0 saturated carbocycles. The minimum atomic E-state index is -0.317. The summed E-state index contributed by atoms with van der Waals surface area (Å²) in [6, 6.07) is 21.3. The topological polar surface area (TPSA) is 62.2 Å². The van der Waals surface area contributed by atoms with Crippen LogP contribution in [0.2, 0.25) is 0 Å². The van der Waals surface area contributed by atoms with E-state index in [1.807, 2.05) is 42.5 Å². The zero-order chi connectivity index (χ0) is 24.4. The molecule has 3 aromatic rings. The average Bonchev–Trinajstić information content (AvgIpc) is 2.86. The van der Waals surface area contributed by atoms with Gasteiger partial charge in [0, 0.05) is 30.8 Å². The maximum absolute atomic E-state index is 10.1. The van der Waals surface area contributed by atoms with Crippen molar-refractivity contribution in [2.75, 3.05) is 26.2 Å². The first-order valence-electron chi connectivity index (χ1n) is 12.4. The molecule has 1 atom stereocenters. The Morgan fingerprint density at radius 1 is 1.03 bits per heavy atom. The summed E-state index contributed by atoms with van der Waals surface area (Å²) in [4.78, 5) is 2.44. The van der Waals surface area contributed by atoms with Crippen molar-refractivity contribution < 1.29 is 19.7 Å². The molecule has 0 aliphatic carbocycles. The monoisotopic (exact) mass is 471 g/mol. The molecule has 3 aromatic carbocycles. The number of likely N-dealkylation sites (tertiary alicyclic amines) is 1. The molecule has 182 valence electrons. The Kier molecular flexibility index (Phi) is 6.80. The number of phenols is 1. The highest BCUT2D eigenvalue weighted by atomic mass is 16.5. The predicted molar refractivity (Wildman–Crippen MR) is 138 cm³/mol. The van der Waals surface area contributed by atoms with Gasteiger partial charge in [0.15, 0.2) is 0 Å². The number of hydrogen-bond acceptors (Lipinski definition) is 5. The van der Waals surface area contributed by atoms with Gasteiger partial charge in [0.2, 0.25) is 0 Å². The van der Waals surface area contributed by atoms with Crippen LogP contribution in [0.5, 0.6) is 17.2 Å². The van der Waals surface area contributed by atoms with E-state index in [4.69, 9.17) is 9.47 Å². The van der Waals surface area contributed by atoms with Crippen LogP contribution in [0.4, 0.5) is 0 Å². The van der Waals surface area contributed by atoms with Crippen LogP contribution < -0.4 is 9.47 Å². The fourth-order valence-corrected chi connectivity index (χ4v) is 5.03. The van der Waals surface area contributed by atoms with Crippen molar-refractivity contribution in [2.24, 2.45) is 5.92 Å². The lowest BCUT2D eigenvalue weighted by atomic mass is 9.85. The lowest BCUT2D eigenvalue weighted by molar-refractivity contribution is 0.0806. The normalized spacial score (nSPS) is 18.1. The van der Waals surface area contributed by atoms with Crippen molar-refractivity contribution >= 4 is 11.1 Å². The van der Waals surface area contributed by atoms with Crippen molar-refractivity contribution in [1.82, 2.24) is 4.90 Å². The van der Waals surface area contributed by atoms with E-state index in [1.165, 1.54) is 19.5 Å². The highest BCUT2D eigenvalue weighted by Crippen LogP contribution is 2.47. The fourth-order valence-electron chi connectivity index (χ4n) is 5.03. The van der Waals surface area contributed by atoms with Crippen LogP contribution in [0, 0.1) is 5.92 Å². The summed E-state index contributed by atoms with van der Waals surface area (Å²) >= 11 is 0. The number of ether oxygens (including phenoxy) is 2. The number of allylic oxidation sites excluding steroid dienone is 1. The van der Waals surface area contributed by atoms with Crippen molar-refractivity contribution in [3.05, 3.63) is 89.0 Å². The number of aromatic hydroxyl groups is 1. The summed E-state index contributed by atoms with van der Waals surface area (Å²) in [6.07, 6.45) is 0.940. The predicted octanol–water partition coefficient (Wildman–Crippen LogP) is 5.67. The summed E-state index contributed by atoms with van der Waals surface area (Å²) in [6.45, 7) is 8.30. The number of hydrogen-bond donors (Lipinski definition) is 2. The second kappa shape index (κ2) is 10.1. The highest BCUT2D eigenvalue weighted by molar-refractivity contribution is 5.95. The number of aliphatic hydroxyl groups is 1. The molecule has 2 aliphatic rings. The minimum Gasteiger partial charge on any atom is -0.508 e. The second-order valence-corrected chi connectivity index (χ2v) is 9.53. The molecular formula is C30H33NO4. The van der Waals surface area contributed by atoms with Gasteiger partial charge >= 0.3 is 0 Å². The zero-order valence-electron chi connectivity index (χ0n) is 20.4. The van der Waals surface area contributed by atoms with Crippen LogP contribution in [-0.4, -0.2) is 41.4 Å². The van der Waals surface area contributed by atoms with Gasteiger partial charge in [-0.2, -0.15) is 0 Å². The van der Waals surface area contributed by atoms with Gasteiger partial charge < -0.3 is 19.7 Å². The number of phenolic OH excluding ortho intramolecular Hbond substituents is 1. The summed E-state index contributed by atoms with van der Waals surface area (Å²) in [5, 5.41) is 19.8. The number of fused-ring (bicyclic) bond motifs is 1. The standard InChI is InChI=1S/C30H33NO4/c1-3-21-17-31(18-21)13-14-34-26-10-7-23(8-11-26)30-29(24-6-4-5-22(15-24)19-32)20(2)27-16-25(33)9-12-28(27)35-30/h4-12,15-16,21,30,32-33H,3,13-14,17-19H2,1-2H3/t30-/m0/s1. The van der Waals surface area contributed by atoms with Crippen LogP contribution >= 0.6 is 0 Å². The minimum absolute atomic E-state index is 0.0222. The molecule has 5 heteroatoms. The number of nitrogens with zero attached hydrogens (tertiary/aromatic N) is 1. The Bertz CT molecular complexity index is 1210. The van der Waals surface area contributed by atoms with Gasteiger partial charge in [-0.15, -0.1) is 0 Å². The van der Waals surface area contributed by atoms with Crippen LogP contribution in [0.15, 0.2) is 66.7 Å². The largest absolute Gasteiger partial charge is 0.508 e. The first kappa shape index (κ1) is 23.5. The highest BCUT2D eigenvalue weighted by Gasteiger charge is 2.30. The first-order valence-corrected chi connectivity index (χ1v) is 12.4. The van der Waals surface area contributed by atoms with E-state index >= 15 is 0 Å². The van der Waals surface area contributed by atoms with E-state index in [1.54, 1.807) is 12.1 Å². The Morgan fingerprint density at radius 3 is 2.57 bits per heavy atom. The fraction of sp³-hybridized carbons (Fsp3) is 0.333. The molecule has 1 saturated heterocycles. The Labute approximate surface area is 207 Å². The smallest absolute Gasteiger partial charge is 0.150 e. The molecule has 2 N–H and O–H groups in total. The van der Waals surface area contributed by atoms with Crippen LogP contribution in [-0.2, 0) is 6.61 Å². The maximum Gasteiger partial charge on any atom is 0.150 e. The second-order valence-electron chi connectivity index (χ2n) is 9.53. The van der Waals surface area contributed by atoms with Gasteiger partial charge in [0.25, 0.3) is 0 Å².